The average Bonchev–Trinajstić information content (AvgIpc) is 2.91. The molecule has 20 heavy (non-hydrogen) atoms. The Morgan fingerprint density at radius 1 is 1.45 bits per heavy atom. The van der Waals surface area contributed by atoms with E-state index in [1.54, 1.807) is 0 Å². The number of sulfonamides is 1. The van der Waals surface area contributed by atoms with Gasteiger partial charge in [0.2, 0.25) is 0 Å². The van der Waals surface area contributed by atoms with Crippen LogP contribution in [0.15, 0.2) is 9.72 Å². The molecule has 0 fully saturated rings. The number of aromatic carboxylic acids is 1. The van der Waals surface area contributed by atoms with Gasteiger partial charge >= 0.3 is 5.97 Å². The molecule has 114 valence electrons. The molecule has 0 aliphatic carbocycles. The number of carboxylic acids is 1. The third kappa shape index (κ3) is 3.54. The smallest absolute Gasteiger partial charge is 0.356 e. The quantitative estimate of drug-likeness (QED) is 0.655. The van der Waals surface area contributed by atoms with E-state index in [0.29, 0.717) is 12.8 Å². The summed E-state index contributed by atoms with van der Waals surface area (Å²) >= 11 is 0.753. The van der Waals surface area contributed by atoms with Gasteiger partial charge in [-0.1, -0.05) is 13.8 Å². The minimum Gasteiger partial charge on any atom is -0.476 e. The number of aliphatic hydroxyl groups is 1. The van der Waals surface area contributed by atoms with Gasteiger partial charge in [-0.15, -0.1) is 11.3 Å². The first-order valence-electron chi connectivity index (χ1n) is 6.09. The van der Waals surface area contributed by atoms with Gasteiger partial charge in [-0.3, -0.25) is 0 Å². The SMILES string of the molecule is CCC(CC)(CO)CNS(=O)(=O)c1scnc1C(=O)O. The molecular weight excluding hydrogens is 304 g/mol. The third-order valence-electron chi connectivity index (χ3n) is 3.45. The van der Waals surface area contributed by atoms with Crippen molar-refractivity contribution in [3.05, 3.63) is 11.2 Å². The molecule has 3 N–H and O–H groups in total. The van der Waals surface area contributed by atoms with Crippen LogP contribution in [0, 0.1) is 5.41 Å². The Kier molecular flexibility index (Phi) is 5.63. The number of rotatable bonds is 8. The van der Waals surface area contributed by atoms with Gasteiger partial charge < -0.3 is 10.2 Å². The fourth-order valence-corrected chi connectivity index (χ4v) is 4.00. The summed E-state index contributed by atoms with van der Waals surface area (Å²) in [5.41, 5.74) is 0.156. The van der Waals surface area contributed by atoms with E-state index in [-0.39, 0.29) is 17.4 Å². The second kappa shape index (κ2) is 6.61. The molecule has 0 radical (unpaired) electrons. The van der Waals surface area contributed by atoms with Gasteiger partial charge in [0.05, 0.1) is 5.51 Å². The highest BCUT2D eigenvalue weighted by atomic mass is 32.2. The third-order valence-corrected chi connectivity index (χ3v) is 6.23. The number of thiazole rings is 1. The summed E-state index contributed by atoms with van der Waals surface area (Å²) in [7, 11) is -3.94. The number of carboxylic acid groups (broad SMARTS) is 1. The van der Waals surface area contributed by atoms with Crippen molar-refractivity contribution in [2.75, 3.05) is 13.2 Å². The zero-order chi connectivity index (χ0) is 15.4. The summed E-state index contributed by atoms with van der Waals surface area (Å²) in [6.45, 7) is 3.64. The zero-order valence-electron chi connectivity index (χ0n) is 11.3. The Bertz CT molecular complexity index is 555. The van der Waals surface area contributed by atoms with Crippen LogP contribution in [-0.4, -0.2) is 42.7 Å². The van der Waals surface area contributed by atoms with Gasteiger partial charge in [0, 0.05) is 18.6 Å². The van der Waals surface area contributed by atoms with Crippen LogP contribution in [0.25, 0.3) is 0 Å². The van der Waals surface area contributed by atoms with E-state index in [1.165, 1.54) is 5.51 Å². The van der Waals surface area contributed by atoms with Crippen LogP contribution < -0.4 is 4.72 Å². The van der Waals surface area contributed by atoms with Gasteiger partial charge in [-0.2, -0.15) is 0 Å². The number of hydrogen-bond donors (Lipinski definition) is 3. The highest BCUT2D eigenvalue weighted by Gasteiger charge is 2.30. The fourth-order valence-electron chi connectivity index (χ4n) is 1.66. The maximum absolute atomic E-state index is 12.1. The normalized spacial score (nSPS) is 12.6. The van der Waals surface area contributed by atoms with Gasteiger partial charge in [0.15, 0.2) is 9.90 Å². The molecule has 0 bridgehead atoms. The van der Waals surface area contributed by atoms with Gasteiger partial charge in [0.1, 0.15) is 0 Å². The molecule has 0 aliphatic heterocycles. The molecule has 0 aliphatic rings. The molecule has 0 spiro atoms. The largest absolute Gasteiger partial charge is 0.476 e. The summed E-state index contributed by atoms with van der Waals surface area (Å²) in [5.74, 6) is -1.38. The zero-order valence-corrected chi connectivity index (χ0v) is 12.9. The summed E-state index contributed by atoms with van der Waals surface area (Å²) in [6, 6.07) is 0. The van der Waals surface area contributed by atoms with E-state index in [0.717, 1.165) is 11.3 Å². The fraction of sp³-hybridized carbons (Fsp3) is 0.636. The lowest BCUT2D eigenvalue weighted by molar-refractivity contribution is 0.0687. The second-order valence-corrected chi connectivity index (χ2v) is 7.30. The molecule has 0 unspecified atom stereocenters. The molecule has 0 saturated carbocycles. The van der Waals surface area contributed by atoms with Crippen LogP contribution in [0.5, 0.6) is 0 Å². The van der Waals surface area contributed by atoms with Crippen molar-refractivity contribution in [3.63, 3.8) is 0 Å². The summed E-state index contributed by atoms with van der Waals surface area (Å²) < 4.78 is 26.3. The van der Waals surface area contributed by atoms with Crippen molar-refractivity contribution < 1.29 is 23.4 Å². The predicted molar refractivity (Wildman–Crippen MR) is 74.4 cm³/mol. The highest BCUT2D eigenvalue weighted by Crippen LogP contribution is 2.26. The Hall–Kier alpha value is -1.03. The summed E-state index contributed by atoms with van der Waals surface area (Å²) in [6.07, 6.45) is 1.22. The molecule has 0 amide bonds. The average molecular weight is 322 g/mol. The molecule has 0 saturated heterocycles. The maximum Gasteiger partial charge on any atom is 0.356 e. The minimum atomic E-state index is -3.94. The number of hydrogen-bond acceptors (Lipinski definition) is 6. The van der Waals surface area contributed by atoms with Gasteiger partial charge in [-0.05, 0) is 12.8 Å². The van der Waals surface area contributed by atoms with E-state index >= 15 is 0 Å². The standard InChI is InChI=1S/C11H18N2O5S2/c1-3-11(4-2,6-14)5-13-20(17,18)10-8(9(15)16)12-7-19-10/h7,13-14H,3-6H2,1-2H3,(H,15,16). The van der Waals surface area contributed by atoms with Crippen LogP contribution >= 0.6 is 11.3 Å². The first-order valence-corrected chi connectivity index (χ1v) is 8.45. The summed E-state index contributed by atoms with van der Waals surface area (Å²) in [5, 5.41) is 18.3. The van der Waals surface area contributed by atoms with Crippen LogP contribution in [0.3, 0.4) is 0 Å². The van der Waals surface area contributed by atoms with E-state index in [9.17, 15) is 18.3 Å². The van der Waals surface area contributed by atoms with Crippen molar-refractivity contribution in [2.24, 2.45) is 5.41 Å². The molecule has 1 heterocycles. The summed E-state index contributed by atoms with van der Waals surface area (Å²) in [4.78, 5) is 14.4. The van der Waals surface area contributed by atoms with Crippen molar-refractivity contribution in [1.29, 1.82) is 0 Å². The van der Waals surface area contributed by atoms with Crippen LogP contribution in [0.4, 0.5) is 0 Å². The molecule has 0 aromatic carbocycles. The molecular formula is C11H18N2O5S2. The molecule has 1 rings (SSSR count). The number of carbonyl (C=O) groups is 1. The second-order valence-electron chi connectivity index (χ2n) is 4.48. The van der Waals surface area contributed by atoms with Crippen molar-refractivity contribution in [1.82, 2.24) is 9.71 Å². The van der Waals surface area contributed by atoms with Crippen molar-refractivity contribution >= 4 is 27.3 Å². The van der Waals surface area contributed by atoms with Crippen LogP contribution in [0.2, 0.25) is 0 Å². The lowest BCUT2D eigenvalue weighted by Crippen LogP contribution is -2.39. The lowest BCUT2D eigenvalue weighted by Gasteiger charge is -2.29. The topological polar surface area (TPSA) is 117 Å². The van der Waals surface area contributed by atoms with Crippen LogP contribution in [-0.2, 0) is 10.0 Å². The lowest BCUT2D eigenvalue weighted by atomic mass is 9.84. The minimum absolute atomic E-state index is 0.0514. The molecule has 1 aromatic rings. The van der Waals surface area contributed by atoms with Crippen molar-refractivity contribution in [3.8, 4) is 0 Å². The van der Waals surface area contributed by atoms with E-state index < -0.39 is 27.1 Å². The van der Waals surface area contributed by atoms with E-state index in [4.69, 9.17) is 5.11 Å². The first kappa shape index (κ1) is 17.0. The molecule has 1 aromatic heterocycles. The number of aliphatic hydroxyl groups excluding tert-OH is 1. The predicted octanol–water partition coefficient (Wildman–Crippen LogP) is 0.918. The van der Waals surface area contributed by atoms with E-state index in [2.05, 4.69) is 9.71 Å². The van der Waals surface area contributed by atoms with Gasteiger partial charge in [-0.25, -0.2) is 22.9 Å². The molecule has 9 heteroatoms. The van der Waals surface area contributed by atoms with Gasteiger partial charge in [0.25, 0.3) is 10.0 Å². The monoisotopic (exact) mass is 322 g/mol. The number of aromatic nitrogens is 1. The molecule has 0 atom stereocenters. The molecule has 7 nitrogen and oxygen atoms in total. The highest BCUT2D eigenvalue weighted by molar-refractivity contribution is 7.91. The van der Waals surface area contributed by atoms with E-state index in [1.807, 2.05) is 13.8 Å². The number of nitrogens with zero attached hydrogens (tertiary/aromatic N) is 1. The number of nitrogens with one attached hydrogen (secondary N) is 1. The Morgan fingerprint density at radius 3 is 2.50 bits per heavy atom. The maximum atomic E-state index is 12.1. The van der Waals surface area contributed by atoms with Crippen molar-refractivity contribution in [2.45, 2.75) is 30.9 Å². The Balaban J connectivity index is 2.96. The first-order chi connectivity index (χ1) is 9.32. The Labute approximate surface area is 121 Å². The Morgan fingerprint density at radius 2 is 2.05 bits per heavy atom. The van der Waals surface area contributed by atoms with Crippen LogP contribution in [0.1, 0.15) is 37.2 Å².